The zero-order valence-electron chi connectivity index (χ0n) is 29.3. The topological polar surface area (TPSA) is 85.2 Å². The van der Waals surface area contributed by atoms with Gasteiger partial charge >= 0.3 is 6.18 Å². The number of aromatic nitrogens is 6. The zero-order valence-corrected chi connectivity index (χ0v) is 29.3. The van der Waals surface area contributed by atoms with E-state index in [2.05, 4.69) is 26.0 Å². The third kappa shape index (κ3) is 5.28. The normalized spacial score (nSPS) is 11.8. The van der Waals surface area contributed by atoms with Crippen LogP contribution in [0.1, 0.15) is 11.1 Å². The number of rotatable bonds is 5. The van der Waals surface area contributed by atoms with Gasteiger partial charge in [0.1, 0.15) is 0 Å². The minimum Gasteiger partial charge on any atom is -0.307 e. The van der Waals surface area contributed by atoms with Crippen LogP contribution in [-0.4, -0.2) is 29.1 Å². The summed E-state index contributed by atoms with van der Waals surface area (Å²) in [4.78, 5) is 17.9. The molecule has 10 aromatic rings. The fourth-order valence-corrected chi connectivity index (χ4v) is 7.80. The van der Waals surface area contributed by atoms with Crippen molar-refractivity contribution in [1.82, 2.24) is 29.1 Å². The highest BCUT2D eigenvalue weighted by Gasteiger charge is 2.36. The Morgan fingerprint density at radius 3 is 1.48 bits per heavy atom. The second kappa shape index (κ2) is 12.7. The first-order valence-electron chi connectivity index (χ1n) is 17.7. The number of alkyl halides is 3. The summed E-state index contributed by atoms with van der Waals surface area (Å²) in [5, 5.41) is 13.3. The lowest BCUT2D eigenvalue weighted by Crippen LogP contribution is -2.12. The summed E-state index contributed by atoms with van der Waals surface area (Å²) in [6.07, 6.45) is 1.91. The van der Waals surface area contributed by atoms with Crippen molar-refractivity contribution in [1.29, 1.82) is 5.26 Å². The smallest absolute Gasteiger partial charge is 0.307 e. The van der Waals surface area contributed by atoms with Crippen molar-refractivity contribution >= 4 is 43.6 Å². The average molecular weight is 734 g/mol. The number of hydrogen-bond donors (Lipinski definition) is 0. The molecule has 0 saturated heterocycles. The van der Waals surface area contributed by atoms with Crippen LogP contribution in [0.3, 0.4) is 0 Å². The number of benzene rings is 6. The van der Waals surface area contributed by atoms with E-state index in [-0.39, 0.29) is 16.7 Å². The predicted molar refractivity (Wildman–Crippen MR) is 212 cm³/mol. The molecular formula is C46H26F3N7. The van der Waals surface area contributed by atoms with Crippen molar-refractivity contribution < 1.29 is 13.2 Å². The number of para-hydroxylation sites is 2. The molecule has 10 heteroatoms. The van der Waals surface area contributed by atoms with E-state index in [1.165, 1.54) is 12.1 Å². The van der Waals surface area contributed by atoms with Crippen LogP contribution in [0.4, 0.5) is 13.2 Å². The lowest BCUT2D eigenvalue weighted by molar-refractivity contribution is -0.137. The first-order chi connectivity index (χ1) is 27.4. The fraction of sp³-hybridized carbons (Fsp3) is 0.0217. The van der Waals surface area contributed by atoms with E-state index in [9.17, 15) is 5.26 Å². The van der Waals surface area contributed by atoms with Crippen molar-refractivity contribution in [3.05, 3.63) is 169 Å². The molecule has 0 saturated carbocycles. The van der Waals surface area contributed by atoms with E-state index < -0.39 is 11.7 Å². The van der Waals surface area contributed by atoms with Gasteiger partial charge in [0.15, 0.2) is 11.6 Å². The maximum Gasteiger partial charge on any atom is 0.417 e. The molecule has 56 heavy (non-hydrogen) atoms. The minimum atomic E-state index is -4.76. The van der Waals surface area contributed by atoms with E-state index in [0.717, 1.165) is 43.7 Å². The van der Waals surface area contributed by atoms with Gasteiger partial charge in [-0.15, -0.1) is 0 Å². The Morgan fingerprint density at radius 1 is 0.464 bits per heavy atom. The van der Waals surface area contributed by atoms with Crippen molar-refractivity contribution in [3.63, 3.8) is 0 Å². The molecule has 6 aromatic carbocycles. The molecule has 0 N–H and O–H groups in total. The van der Waals surface area contributed by atoms with Gasteiger partial charge in [-0.3, -0.25) is 0 Å². The predicted octanol–water partition coefficient (Wildman–Crippen LogP) is 11.4. The van der Waals surface area contributed by atoms with Crippen LogP contribution in [-0.2, 0) is 6.18 Å². The van der Waals surface area contributed by atoms with E-state index >= 15 is 13.2 Å². The zero-order chi connectivity index (χ0) is 38.0. The quantitative estimate of drug-likeness (QED) is 0.176. The average Bonchev–Trinajstić information content (AvgIpc) is 3.75. The van der Waals surface area contributed by atoms with Crippen molar-refractivity contribution in [2.75, 3.05) is 0 Å². The molecule has 4 aromatic heterocycles. The molecule has 4 heterocycles. The Labute approximate surface area is 317 Å². The summed E-state index contributed by atoms with van der Waals surface area (Å²) in [6, 6.07) is 42.1. The number of nitriles is 1. The van der Waals surface area contributed by atoms with Gasteiger partial charge in [-0.25, -0.2) is 19.9 Å². The van der Waals surface area contributed by atoms with Crippen LogP contribution in [0.15, 0.2) is 158 Å². The largest absolute Gasteiger partial charge is 0.417 e. The maximum atomic E-state index is 15.6. The van der Waals surface area contributed by atoms with Crippen molar-refractivity contribution in [3.8, 4) is 51.3 Å². The van der Waals surface area contributed by atoms with Crippen LogP contribution in [0.5, 0.6) is 0 Å². The standard InChI is InChI=1S/C46H26F3N7/c47-46(48,49)37-26-43(56-39-13-4-2-11-33(39)35-17-15-31(24-41(35)56)45-53-20-7-21-54-45)42(25-36(37)29-9-5-8-28(22-29)27-50)55-38-12-3-1-10-32(38)34-16-14-30(23-40(34)55)44-51-18-6-19-52-44/h1-26H. The molecule has 0 radical (unpaired) electrons. The van der Waals surface area contributed by atoms with E-state index in [0.29, 0.717) is 34.1 Å². The number of nitrogens with zero attached hydrogens (tertiary/aromatic N) is 7. The van der Waals surface area contributed by atoms with E-state index in [4.69, 9.17) is 0 Å². The lowest BCUT2D eigenvalue weighted by Gasteiger charge is -2.22. The first-order valence-corrected chi connectivity index (χ1v) is 17.7. The SMILES string of the molecule is N#Cc1cccc(-c2cc(-n3c4ccccc4c4ccc(-c5ncccn5)cc43)c(-n3c4ccccc4c4ccc(-c5ncccn5)cc43)cc2C(F)(F)F)c1. The number of fused-ring (bicyclic) bond motifs is 6. The van der Waals surface area contributed by atoms with Gasteiger partial charge in [-0.2, -0.15) is 18.4 Å². The Morgan fingerprint density at radius 2 is 0.964 bits per heavy atom. The Balaban J connectivity index is 1.39. The summed E-state index contributed by atoms with van der Waals surface area (Å²) >= 11 is 0. The second-order valence-corrected chi connectivity index (χ2v) is 13.4. The van der Waals surface area contributed by atoms with E-state index in [1.807, 2.05) is 94.1 Å². The molecule has 0 aliphatic carbocycles. The fourth-order valence-electron chi connectivity index (χ4n) is 7.80. The highest BCUT2D eigenvalue weighted by molar-refractivity contribution is 6.12. The molecule has 0 aliphatic heterocycles. The van der Waals surface area contributed by atoms with Gasteiger partial charge < -0.3 is 9.13 Å². The van der Waals surface area contributed by atoms with E-state index in [1.54, 1.807) is 61.2 Å². The summed E-state index contributed by atoms with van der Waals surface area (Å²) < 4.78 is 50.6. The maximum absolute atomic E-state index is 15.6. The molecule has 0 fully saturated rings. The molecule has 0 amide bonds. The molecule has 0 spiro atoms. The molecular weight excluding hydrogens is 708 g/mol. The lowest BCUT2D eigenvalue weighted by atomic mass is 9.95. The molecule has 0 atom stereocenters. The molecule has 0 bridgehead atoms. The molecule has 0 aliphatic rings. The second-order valence-electron chi connectivity index (χ2n) is 13.4. The number of hydrogen-bond acceptors (Lipinski definition) is 5. The van der Waals surface area contributed by atoms with Gasteiger partial charge in [0.25, 0.3) is 0 Å². The van der Waals surface area contributed by atoms with Crippen LogP contribution < -0.4 is 0 Å². The van der Waals surface area contributed by atoms with Gasteiger partial charge in [0, 0.05) is 57.5 Å². The Kier molecular flexibility index (Phi) is 7.50. The Hall–Kier alpha value is -7.64. The third-order valence-corrected chi connectivity index (χ3v) is 10.2. The third-order valence-electron chi connectivity index (χ3n) is 10.2. The van der Waals surface area contributed by atoms with Crippen LogP contribution in [0.2, 0.25) is 0 Å². The van der Waals surface area contributed by atoms with Crippen LogP contribution in [0, 0.1) is 11.3 Å². The van der Waals surface area contributed by atoms with Crippen LogP contribution >= 0.6 is 0 Å². The summed E-state index contributed by atoms with van der Waals surface area (Å²) in [7, 11) is 0. The molecule has 10 rings (SSSR count). The highest BCUT2D eigenvalue weighted by atomic mass is 19.4. The molecule has 0 unspecified atom stereocenters. The van der Waals surface area contributed by atoms with Crippen LogP contribution in [0.25, 0.3) is 88.9 Å². The van der Waals surface area contributed by atoms with Gasteiger partial charge in [-0.1, -0.05) is 72.8 Å². The van der Waals surface area contributed by atoms with Gasteiger partial charge in [-0.05, 0) is 71.8 Å². The van der Waals surface area contributed by atoms with Crippen molar-refractivity contribution in [2.24, 2.45) is 0 Å². The minimum absolute atomic E-state index is 0.0547. The first kappa shape index (κ1) is 33.0. The molecule has 266 valence electrons. The summed E-state index contributed by atoms with van der Waals surface area (Å²) in [5.74, 6) is 1.01. The highest BCUT2D eigenvalue weighted by Crippen LogP contribution is 2.45. The van der Waals surface area contributed by atoms with Gasteiger partial charge in [0.05, 0.1) is 50.6 Å². The summed E-state index contributed by atoms with van der Waals surface area (Å²) in [5.41, 5.74) is 4.87. The number of halogens is 3. The van der Waals surface area contributed by atoms with Crippen molar-refractivity contribution in [2.45, 2.75) is 6.18 Å². The molecule has 7 nitrogen and oxygen atoms in total. The monoisotopic (exact) mass is 733 g/mol. The van der Waals surface area contributed by atoms with Gasteiger partial charge in [0.2, 0.25) is 0 Å². The Bertz CT molecular complexity index is 3200. The summed E-state index contributed by atoms with van der Waals surface area (Å²) in [6.45, 7) is 0.